The summed E-state index contributed by atoms with van der Waals surface area (Å²) in [5.41, 5.74) is 1.03. The van der Waals surface area contributed by atoms with Crippen LogP contribution in [0.5, 0.6) is 0 Å². The van der Waals surface area contributed by atoms with Gasteiger partial charge in [-0.05, 0) is 110 Å². The minimum absolute atomic E-state index is 0.128. The average molecular weight is 447 g/mol. The van der Waals surface area contributed by atoms with Crippen molar-refractivity contribution in [2.75, 3.05) is 6.61 Å². The number of ether oxygens (including phenoxy) is 1. The SMILES string of the molecule is CC(C)CCC[C@@H](C)[C@H]1CC[C@H]2[C@@H]3CCC4C[C@@H](OCC(=O)O)CC[C@]4(C)[C@H]3CC[C@]12C. The first-order valence-electron chi connectivity index (χ1n) is 14.0. The van der Waals surface area contributed by atoms with Crippen LogP contribution in [0.4, 0.5) is 0 Å². The lowest BCUT2D eigenvalue weighted by atomic mass is 9.44. The predicted octanol–water partition coefficient (Wildman–Crippen LogP) is 7.58. The Bertz CT molecular complexity index is 659. The van der Waals surface area contributed by atoms with Gasteiger partial charge in [0, 0.05) is 0 Å². The standard InChI is InChI=1S/C29H50O3/c1-19(2)7-6-8-20(3)24-11-12-25-23-10-9-21-17-22(32-18-27(30)31)13-15-28(21,4)26(23)14-16-29(24,25)5/h19-26H,6-18H2,1-5H3,(H,30,31)/t20-,21?,22+,23+,24-,25+,26+,28+,29-/m1/s1. The molecule has 3 nitrogen and oxygen atoms in total. The molecule has 4 aliphatic carbocycles. The van der Waals surface area contributed by atoms with Crippen LogP contribution in [0.15, 0.2) is 0 Å². The second-order valence-electron chi connectivity index (χ2n) is 13.3. The Balaban J connectivity index is 1.41. The van der Waals surface area contributed by atoms with Gasteiger partial charge in [-0.1, -0.05) is 53.9 Å². The van der Waals surface area contributed by atoms with Gasteiger partial charge in [-0.2, -0.15) is 0 Å². The molecule has 184 valence electrons. The van der Waals surface area contributed by atoms with Gasteiger partial charge in [0.15, 0.2) is 0 Å². The number of carbonyl (C=O) groups is 1. The second kappa shape index (κ2) is 9.59. The van der Waals surface area contributed by atoms with Crippen molar-refractivity contribution in [1.29, 1.82) is 0 Å². The predicted molar refractivity (Wildman–Crippen MR) is 130 cm³/mol. The number of hydrogen-bond acceptors (Lipinski definition) is 2. The molecule has 0 saturated heterocycles. The van der Waals surface area contributed by atoms with Gasteiger partial charge in [-0.25, -0.2) is 4.79 Å². The van der Waals surface area contributed by atoms with Gasteiger partial charge in [-0.3, -0.25) is 0 Å². The molecule has 1 unspecified atom stereocenters. The number of hydrogen-bond donors (Lipinski definition) is 1. The summed E-state index contributed by atoms with van der Waals surface area (Å²) in [7, 11) is 0. The summed E-state index contributed by atoms with van der Waals surface area (Å²) in [6.07, 6.45) is 16.3. The van der Waals surface area contributed by atoms with E-state index >= 15 is 0 Å². The van der Waals surface area contributed by atoms with Crippen molar-refractivity contribution < 1.29 is 14.6 Å². The number of rotatable bonds is 8. The third kappa shape index (κ3) is 4.53. The van der Waals surface area contributed by atoms with E-state index in [2.05, 4.69) is 34.6 Å². The Kier molecular flexibility index (Phi) is 7.36. The molecule has 0 amide bonds. The van der Waals surface area contributed by atoms with Crippen LogP contribution >= 0.6 is 0 Å². The monoisotopic (exact) mass is 446 g/mol. The molecule has 1 N–H and O–H groups in total. The Morgan fingerprint density at radius 1 is 0.938 bits per heavy atom. The first-order valence-corrected chi connectivity index (χ1v) is 14.0. The van der Waals surface area contributed by atoms with Gasteiger partial charge in [-0.15, -0.1) is 0 Å². The minimum Gasteiger partial charge on any atom is -0.480 e. The van der Waals surface area contributed by atoms with E-state index in [1.54, 1.807) is 0 Å². The molecule has 3 heteroatoms. The summed E-state index contributed by atoms with van der Waals surface area (Å²) >= 11 is 0. The van der Waals surface area contributed by atoms with Crippen LogP contribution in [0, 0.1) is 52.3 Å². The summed E-state index contributed by atoms with van der Waals surface area (Å²) in [5, 5.41) is 9.00. The zero-order valence-corrected chi connectivity index (χ0v) is 21.6. The maximum Gasteiger partial charge on any atom is 0.329 e. The highest BCUT2D eigenvalue weighted by Crippen LogP contribution is 2.68. The minimum atomic E-state index is -0.831. The van der Waals surface area contributed by atoms with Crippen molar-refractivity contribution in [3.8, 4) is 0 Å². The maximum atomic E-state index is 10.9. The van der Waals surface area contributed by atoms with Gasteiger partial charge in [0.1, 0.15) is 6.61 Å². The van der Waals surface area contributed by atoms with Crippen molar-refractivity contribution >= 4 is 5.97 Å². The van der Waals surface area contributed by atoms with E-state index in [-0.39, 0.29) is 12.7 Å². The number of carboxylic acids is 1. The first kappa shape index (κ1) is 24.6. The molecule has 0 aliphatic heterocycles. The average Bonchev–Trinajstić information content (AvgIpc) is 3.09. The molecule has 0 bridgehead atoms. The number of fused-ring (bicyclic) bond motifs is 5. The smallest absolute Gasteiger partial charge is 0.329 e. The Labute approximate surface area is 197 Å². The highest BCUT2D eigenvalue weighted by Gasteiger charge is 2.60. The largest absolute Gasteiger partial charge is 0.480 e. The van der Waals surface area contributed by atoms with Crippen molar-refractivity contribution in [1.82, 2.24) is 0 Å². The molecule has 0 radical (unpaired) electrons. The van der Waals surface area contributed by atoms with E-state index in [4.69, 9.17) is 9.84 Å². The summed E-state index contributed by atoms with van der Waals surface area (Å²) in [6.45, 7) is 12.5. The molecule has 4 fully saturated rings. The fraction of sp³-hybridized carbons (Fsp3) is 0.966. The quantitative estimate of drug-likeness (QED) is 0.418. The topological polar surface area (TPSA) is 46.5 Å². The maximum absolute atomic E-state index is 10.9. The Morgan fingerprint density at radius 2 is 1.66 bits per heavy atom. The van der Waals surface area contributed by atoms with Crippen LogP contribution in [-0.2, 0) is 9.53 Å². The van der Waals surface area contributed by atoms with E-state index < -0.39 is 5.97 Å². The lowest BCUT2D eigenvalue weighted by molar-refractivity contribution is -0.153. The van der Waals surface area contributed by atoms with Crippen LogP contribution in [0.25, 0.3) is 0 Å². The van der Waals surface area contributed by atoms with Crippen LogP contribution in [0.3, 0.4) is 0 Å². The molecule has 0 aromatic carbocycles. The van der Waals surface area contributed by atoms with Gasteiger partial charge >= 0.3 is 5.97 Å². The summed E-state index contributed by atoms with van der Waals surface area (Å²) in [5.74, 6) is 5.31. The molecule has 0 aromatic rings. The number of carboxylic acid groups (broad SMARTS) is 1. The Morgan fingerprint density at radius 3 is 2.38 bits per heavy atom. The van der Waals surface area contributed by atoms with E-state index in [1.807, 2.05) is 0 Å². The zero-order chi connectivity index (χ0) is 23.1. The van der Waals surface area contributed by atoms with Crippen LogP contribution < -0.4 is 0 Å². The van der Waals surface area contributed by atoms with Crippen LogP contribution in [0.2, 0.25) is 0 Å². The van der Waals surface area contributed by atoms with Crippen LogP contribution in [0.1, 0.15) is 112 Å². The highest BCUT2D eigenvalue weighted by molar-refractivity contribution is 5.68. The van der Waals surface area contributed by atoms with Crippen molar-refractivity contribution in [3.05, 3.63) is 0 Å². The van der Waals surface area contributed by atoms with Gasteiger partial charge in [0.2, 0.25) is 0 Å². The fourth-order valence-electron chi connectivity index (χ4n) is 9.58. The molecule has 0 aromatic heterocycles. The van der Waals surface area contributed by atoms with Crippen molar-refractivity contribution in [2.45, 2.75) is 118 Å². The van der Waals surface area contributed by atoms with Crippen molar-refractivity contribution in [2.24, 2.45) is 52.3 Å². The van der Waals surface area contributed by atoms with Crippen molar-refractivity contribution in [3.63, 3.8) is 0 Å². The van der Waals surface area contributed by atoms with E-state index in [9.17, 15) is 4.79 Å². The lowest BCUT2D eigenvalue weighted by Gasteiger charge is -2.61. The summed E-state index contributed by atoms with van der Waals surface area (Å²) in [4.78, 5) is 10.9. The molecule has 0 heterocycles. The van der Waals surface area contributed by atoms with E-state index in [1.165, 1.54) is 64.2 Å². The molecule has 9 atom stereocenters. The molecular weight excluding hydrogens is 396 g/mol. The summed E-state index contributed by atoms with van der Waals surface area (Å²) in [6, 6.07) is 0. The highest BCUT2D eigenvalue weighted by atomic mass is 16.5. The zero-order valence-electron chi connectivity index (χ0n) is 21.6. The van der Waals surface area contributed by atoms with Gasteiger partial charge in [0.05, 0.1) is 6.10 Å². The lowest BCUT2D eigenvalue weighted by Crippen LogP contribution is -2.54. The molecule has 0 spiro atoms. The third-order valence-corrected chi connectivity index (χ3v) is 11.3. The fourth-order valence-corrected chi connectivity index (χ4v) is 9.58. The van der Waals surface area contributed by atoms with Crippen LogP contribution in [-0.4, -0.2) is 23.8 Å². The summed E-state index contributed by atoms with van der Waals surface area (Å²) < 4.78 is 5.75. The molecular formula is C29H50O3. The number of aliphatic carboxylic acids is 1. The molecule has 32 heavy (non-hydrogen) atoms. The van der Waals surface area contributed by atoms with E-state index in [0.29, 0.717) is 10.8 Å². The van der Waals surface area contributed by atoms with Gasteiger partial charge in [0.25, 0.3) is 0 Å². The Hall–Kier alpha value is -0.570. The normalized spacial score (nSPS) is 44.6. The molecule has 4 saturated carbocycles. The molecule has 4 aliphatic rings. The second-order valence-corrected chi connectivity index (χ2v) is 13.3. The molecule has 4 rings (SSSR count). The first-order chi connectivity index (χ1) is 15.1. The van der Waals surface area contributed by atoms with Gasteiger partial charge < -0.3 is 9.84 Å². The van der Waals surface area contributed by atoms with E-state index in [0.717, 1.165) is 54.3 Å². The third-order valence-electron chi connectivity index (χ3n) is 11.3.